The number of aromatic nitrogens is 1. The minimum absolute atomic E-state index is 0.317. The summed E-state index contributed by atoms with van der Waals surface area (Å²) in [5, 5.41) is 0.712. The number of benzene rings is 1. The van der Waals surface area contributed by atoms with Gasteiger partial charge in [-0.25, -0.2) is 9.18 Å². The Morgan fingerprint density at radius 3 is 2.86 bits per heavy atom. The van der Waals surface area contributed by atoms with E-state index in [9.17, 15) is 9.18 Å². The first-order valence-electron chi connectivity index (χ1n) is 4.16. The zero-order chi connectivity index (χ0) is 10.3. The van der Waals surface area contributed by atoms with E-state index in [1.165, 1.54) is 16.7 Å². The van der Waals surface area contributed by atoms with Crippen molar-refractivity contribution in [2.75, 3.05) is 0 Å². The van der Waals surface area contributed by atoms with Crippen molar-refractivity contribution in [3.05, 3.63) is 35.8 Å². The van der Waals surface area contributed by atoms with Gasteiger partial charge in [-0.15, -0.1) is 0 Å². The van der Waals surface area contributed by atoms with E-state index in [0.717, 1.165) is 5.56 Å². The van der Waals surface area contributed by atoms with Crippen LogP contribution in [-0.2, 0) is 0 Å². The van der Waals surface area contributed by atoms with E-state index in [0.29, 0.717) is 10.9 Å². The van der Waals surface area contributed by atoms with Crippen LogP contribution < -0.4 is 5.73 Å². The Morgan fingerprint density at radius 2 is 2.21 bits per heavy atom. The summed E-state index contributed by atoms with van der Waals surface area (Å²) in [6, 6.07) is 3.68. The average Bonchev–Trinajstić information content (AvgIpc) is 2.44. The van der Waals surface area contributed by atoms with Crippen molar-refractivity contribution in [3.8, 4) is 0 Å². The molecule has 0 saturated carbocycles. The van der Waals surface area contributed by atoms with Crippen molar-refractivity contribution in [2.24, 2.45) is 5.73 Å². The van der Waals surface area contributed by atoms with Gasteiger partial charge in [0.2, 0.25) is 0 Å². The van der Waals surface area contributed by atoms with Gasteiger partial charge >= 0.3 is 6.03 Å². The third kappa shape index (κ3) is 1.16. The summed E-state index contributed by atoms with van der Waals surface area (Å²) < 4.78 is 14.2. The predicted molar refractivity (Wildman–Crippen MR) is 51.6 cm³/mol. The Bertz CT molecular complexity index is 516. The maximum atomic E-state index is 12.9. The second-order valence-electron chi connectivity index (χ2n) is 3.18. The first-order chi connectivity index (χ1) is 6.59. The number of nitrogens with two attached hydrogens (primary N) is 1. The van der Waals surface area contributed by atoms with Gasteiger partial charge in [0, 0.05) is 11.6 Å². The number of hydrogen-bond acceptors (Lipinski definition) is 1. The number of amides is 1. The van der Waals surface area contributed by atoms with E-state index >= 15 is 0 Å². The van der Waals surface area contributed by atoms with Gasteiger partial charge in [0.05, 0.1) is 5.52 Å². The molecule has 1 amide bonds. The summed E-state index contributed by atoms with van der Waals surface area (Å²) >= 11 is 0. The third-order valence-electron chi connectivity index (χ3n) is 2.20. The van der Waals surface area contributed by atoms with E-state index in [4.69, 9.17) is 5.73 Å². The number of halogens is 1. The van der Waals surface area contributed by atoms with Crippen LogP contribution in [-0.4, -0.2) is 10.6 Å². The zero-order valence-corrected chi connectivity index (χ0v) is 7.62. The minimum Gasteiger partial charge on any atom is -0.351 e. The number of aryl methyl sites for hydroxylation is 1. The minimum atomic E-state index is -0.560. The molecular weight excluding hydrogens is 183 g/mol. The summed E-state index contributed by atoms with van der Waals surface area (Å²) in [5.74, 6) is -0.317. The highest BCUT2D eigenvalue weighted by Gasteiger charge is 2.08. The molecule has 4 heteroatoms. The molecule has 0 atom stereocenters. The molecule has 1 aromatic carbocycles. The molecule has 2 aromatic rings. The molecule has 2 rings (SSSR count). The number of hydrogen-bond donors (Lipinski definition) is 1. The lowest BCUT2D eigenvalue weighted by Gasteiger charge is -1.97. The Morgan fingerprint density at radius 1 is 1.50 bits per heavy atom. The van der Waals surface area contributed by atoms with Gasteiger partial charge in [-0.3, -0.25) is 4.57 Å². The standard InChI is InChI=1S/C10H9FN2O/c1-6-5-13(10(12)14)9-3-2-7(11)4-8(6)9/h2-5H,1H3,(H2,12,14). The first-order valence-corrected chi connectivity index (χ1v) is 4.16. The van der Waals surface area contributed by atoms with Crippen LogP contribution in [0.2, 0.25) is 0 Å². The SMILES string of the molecule is Cc1cn(C(N)=O)c2ccc(F)cc12. The van der Waals surface area contributed by atoms with Crippen LogP contribution in [0.4, 0.5) is 9.18 Å². The van der Waals surface area contributed by atoms with E-state index in [1.54, 1.807) is 19.2 Å². The van der Waals surface area contributed by atoms with Crippen molar-refractivity contribution < 1.29 is 9.18 Å². The molecular formula is C10H9FN2O. The molecule has 72 valence electrons. The van der Waals surface area contributed by atoms with Crippen LogP contribution in [0.15, 0.2) is 24.4 Å². The molecule has 0 unspecified atom stereocenters. The number of fused-ring (bicyclic) bond motifs is 1. The van der Waals surface area contributed by atoms with Crippen molar-refractivity contribution >= 4 is 16.9 Å². The first kappa shape index (κ1) is 8.74. The van der Waals surface area contributed by atoms with Crippen molar-refractivity contribution in [1.82, 2.24) is 4.57 Å². The van der Waals surface area contributed by atoms with Gasteiger partial charge in [-0.2, -0.15) is 0 Å². The molecule has 0 bridgehead atoms. The molecule has 1 aromatic heterocycles. The second-order valence-corrected chi connectivity index (χ2v) is 3.18. The quantitative estimate of drug-likeness (QED) is 0.682. The molecule has 2 N–H and O–H groups in total. The lowest BCUT2D eigenvalue weighted by atomic mass is 10.2. The van der Waals surface area contributed by atoms with Crippen LogP contribution in [0.25, 0.3) is 10.9 Å². The molecule has 1 heterocycles. The number of carbonyl (C=O) groups excluding carboxylic acids is 1. The highest BCUT2D eigenvalue weighted by molar-refractivity contribution is 5.93. The summed E-state index contributed by atoms with van der Waals surface area (Å²) in [6.07, 6.45) is 1.60. The maximum Gasteiger partial charge on any atom is 0.323 e. The molecule has 14 heavy (non-hydrogen) atoms. The number of rotatable bonds is 0. The number of primary amides is 1. The van der Waals surface area contributed by atoms with E-state index in [1.807, 2.05) is 0 Å². The highest BCUT2D eigenvalue weighted by atomic mass is 19.1. The number of carbonyl (C=O) groups is 1. The fraction of sp³-hybridized carbons (Fsp3) is 0.100. The Hall–Kier alpha value is -1.84. The molecule has 0 radical (unpaired) electrons. The van der Waals surface area contributed by atoms with Crippen molar-refractivity contribution in [3.63, 3.8) is 0 Å². The normalized spacial score (nSPS) is 10.7. The summed E-state index contributed by atoms with van der Waals surface area (Å²) in [6.45, 7) is 1.81. The van der Waals surface area contributed by atoms with Crippen molar-refractivity contribution in [1.29, 1.82) is 0 Å². The highest BCUT2D eigenvalue weighted by Crippen LogP contribution is 2.21. The Labute approximate surface area is 79.9 Å². The van der Waals surface area contributed by atoms with Crippen LogP contribution in [0, 0.1) is 12.7 Å². The third-order valence-corrected chi connectivity index (χ3v) is 2.20. The molecule has 0 aliphatic carbocycles. The molecule has 0 fully saturated rings. The summed E-state index contributed by atoms with van der Waals surface area (Å²) in [4.78, 5) is 11.0. The van der Waals surface area contributed by atoms with Crippen molar-refractivity contribution in [2.45, 2.75) is 6.92 Å². The molecule has 0 saturated heterocycles. The Kier molecular flexibility index (Phi) is 1.77. The predicted octanol–water partition coefficient (Wildman–Crippen LogP) is 2.02. The second kappa shape index (κ2) is 2.83. The topological polar surface area (TPSA) is 48.0 Å². The van der Waals surface area contributed by atoms with Gasteiger partial charge < -0.3 is 5.73 Å². The van der Waals surface area contributed by atoms with Gasteiger partial charge in [0.25, 0.3) is 0 Å². The zero-order valence-electron chi connectivity index (χ0n) is 7.62. The molecule has 3 nitrogen and oxygen atoms in total. The van der Waals surface area contributed by atoms with Crippen LogP contribution >= 0.6 is 0 Å². The van der Waals surface area contributed by atoms with Gasteiger partial charge in [0.1, 0.15) is 5.82 Å². The summed E-state index contributed by atoms with van der Waals surface area (Å²) in [5.41, 5.74) is 6.63. The van der Waals surface area contributed by atoms with E-state index < -0.39 is 6.03 Å². The smallest absolute Gasteiger partial charge is 0.323 e. The largest absolute Gasteiger partial charge is 0.351 e. The lowest BCUT2D eigenvalue weighted by molar-refractivity contribution is 0.251. The average molecular weight is 192 g/mol. The Balaban J connectivity index is 2.84. The molecule has 0 aliphatic heterocycles. The maximum absolute atomic E-state index is 12.9. The number of nitrogens with zero attached hydrogens (tertiary/aromatic N) is 1. The summed E-state index contributed by atoms with van der Waals surface area (Å²) in [7, 11) is 0. The fourth-order valence-corrected chi connectivity index (χ4v) is 1.55. The van der Waals surface area contributed by atoms with Crippen LogP contribution in [0.5, 0.6) is 0 Å². The lowest BCUT2D eigenvalue weighted by Crippen LogP contribution is -2.18. The molecule has 0 aliphatic rings. The monoisotopic (exact) mass is 192 g/mol. The van der Waals surface area contributed by atoms with Gasteiger partial charge in [0.15, 0.2) is 0 Å². The van der Waals surface area contributed by atoms with Gasteiger partial charge in [-0.05, 0) is 30.7 Å². The fourth-order valence-electron chi connectivity index (χ4n) is 1.55. The molecule has 0 spiro atoms. The van der Waals surface area contributed by atoms with Crippen LogP contribution in [0.1, 0.15) is 5.56 Å². The van der Waals surface area contributed by atoms with Gasteiger partial charge in [-0.1, -0.05) is 0 Å². The van der Waals surface area contributed by atoms with E-state index in [2.05, 4.69) is 0 Å². The van der Waals surface area contributed by atoms with E-state index in [-0.39, 0.29) is 5.82 Å². The van der Waals surface area contributed by atoms with Crippen LogP contribution in [0.3, 0.4) is 0 Å².